The molecule has 9 heteroatoms. The highest BCUT2D eigenvalue weighted by Crippen LogP contribution is 2.33. The molecule has 0 aliphatic rings. The lowest BCUT2D eigenvalue weighted by molar-refractivity contribution is -0.141. The lowest BCUT2D eigenvalue weighted by atomic mass is 10.1. The summed E-state index contributed by atoms with van der Waals surface area (Å²) in [5, 5.41) is 8.46. The van der Waals surface area contributed by atoms with Gasteiger partial charge in [0.25, 0.3) is 5.91 Å². The molecular weight excluding hydrogens is 449 g/mol. The minimum Gasteiger partial charge on any atom is -0.465 e. The number of aromatic nitrogens is 2. The number of rotatable bonds is 6. The Morgan fingerprint density at radius 3 is 2.37 bits per heavy atom. The number of ether oxygens (including phenoxy) is 1. The molecule has 1 N–H and O–H groups in total. The molecule has 0 aliphatic heterocycles. The Balaban J connectivity index is 2.08. The molecule has 3 aromatic rings. The van der Waals surface area contributed by atoms with E-state index in [2.05, 4.69) is 10.4 Å². The highest BCUT2D eigenvalue weighted by Gasteiger charge is 2.23. The molecule has 0 bridgehead atoms. The van der Waals surface area contributed by atoms with Gasteiger partial charge in [-0.1, -0.05) is 46.9 Å². The summed E-state index contributed by atoms with van der Waals surface area (Å²) in [6.45, 7) is 3.45. The van der Waals surface area contributed by atoms with Crippen molar-refractivity contribution >= 4 is 46.7 Å². The van der Waals surface area contributed by atoms with Gasteiger partial charge in [0.1, 0.15) is 6.54 Å². The van der Waals surface area contributed by atoms with Crippen molar-refractivity contribution in [2.24, 2.45) is 0 Å². The van der Waals surface area contributed by atoms with Gasteiger partial charge in [0.05, 0.1) is 23.0 Å². The predicted octanol–water partition coefficient (Wildman–Crippen LogP) is 5.10. The highest BCUT2D eigenvalue weighted by molar-refractivity contribution is 6.35. The summed E-state index contributed by atoms with van der Waals surface area (Å²) in [4.78, 5) is 24.3. The summed E-state index contributed by atoms with van der Waals surface area (Å²) in [7, 11) is 0. The number of nitrogens with one attached hydrogen (secondary N) is 1. The molecule has 0 fully saturated rings. The van der Waals surface area contributed by atoms with Crippen molar-refractivity contribution in [3.8, 4) is 16.9 Å². The minimum absolute atomic E-state index is 0.162. The third-order valence-corrected chi connectivity index (χ3v) is 5.08. The second kappa shape index (κ2) is 9.51. The van der Waals surface area contributed by atoms with Crippen LogP contribution in [-0.4, -0.2) is 34.8 Å². The van der Waals surface area contributed by atoms with Gasteiger partial charge in [-0.15, -0.1) is 0 Å². The standard InChI is InChI=1S/C21H18Cl3N3O3/c1-3-30-18(28)11-25-21(29)19-12(2)20(13-4-6-14(22)7-5-13)27(26-19)17-9-8-15(23)10-16(17)24/h4-10H,3,11H2,1-2H3,(H,25,29). The van der Waals surface area contributed by atoms with E-state index in [1.54, 1.807) is 48.9 Å². The lowest BCUT2D eigenvalue weighted by Gasteiger charge is -2.11. The molecule has 1 aromatic heterocycles. The van der Waals surface area contributed by atoms with Crippen molar-refractivity contribution in [2.75, 3.05) is 13.2 Å². The average molecular weight is 467 g/mol. The molecule has 2 aromatic carbocycles. The molecule has 3 rings (SSSR count). The Bertz CT molecular complexity index is 1090. The summed E-state index contributed by atoms with van der Waals surface area (Å²) in [5.41, 5.74) is 2.79. The topological polar surface area (TPSA) is 73.2 Å². The van der Waals surface area contributed by atoms with Crippen LogP contribution in [0.25, 0.3) is 16.9 Å². The zero-order chi connectivity index (χ0) is 21.8. The summed E-state index contributed by atoms with van der Waals surface area (Å²) < 4.78 is 6.42. The maximum atomic E-state index is 12.7. The largest absolute Gasteiger partial charge is 0.465 e. The van der Waals surface area contributed by atoms with Gasteiger partial charge in [-0.3, -0.25) is 9.59 Å². The quantitative estimate of drug-likeness (QED) is 0.513. The monoisotopic (exact) mass is 465 g/mol. The van der Waals surface area contributed by atoms with E-state index in [-0.39, 0.29) is 18.8 Å². The molecule has 6 nitrogen and oxygen atoms in total. The average Bonchev–Trinajstić information content (AvgIpc) is 3.04. The third kappa shape index (κ3) is 4.78. The van der Waals surface area contributed by atoms with E-state index >= 15 is 0 Å². The van der Waals surface area contributed by atoms with Crippen molar-refractivity contribution in [3.63, 3.8) is 0 Å². The number of hydrogen-bond donors (Lipinski definition) is 1. The predicted molar refractivity (Wildman–Crippen MR) is 118 cm³/mol. The number of benzene rings is 2. The first-order chi connectivity index (χ1) is 14.3. The Morgan fingerprint density at radius 1 is 1.07 bits per heavy atom. The molecule has 0 saturated carbocycles. The van der Waals surface area contributed by atoms with Crippen LogP contribution in [-0.2, 0) is 9.53 Å². The van der Waals surface area contributed by atoms with E-state index in [0.717, 1.165) is 5.56 Å². The number of halogens is 3. The third-order valence-electron chi connectivity index (χ3n) is 4.29. The molecular formula is C21H18Cl3N3O3. The number of nitrogens with zero attached hydrogens (tertiary/aromatic N) is 2. The zero-order valence-corrected chi connectivity index (χ0v) is 18.5. The molecule has 0 unspecified atom stereocenters. The molecule has 1 heterocycles. The van der Waals surface area contributed by atoms with Crippen molar-refractivity contribution in [2.45, 2.75) is 13.8 Å². The number of hydrogen-bond acceptors (Lipinski definition) is 4. The minimum atomic E-state index is -0.526. The van der Waals surface area contributed by atoms with Crippen molar-refractivity contribution < 1.29 is 14.3 Å². The summed E-state index contributed by atoms with van der Waals surface area (Å²) in [6.07, 6.45) is 0. The maximum absolute atomic E-state index is 12.7. The fourth-order valence-electron chi connectivity index (χ4n) is 2.93. The van der Waals surface area contributed by atoms with Crippen molar-refractivity contribution in [3.05, 3.63) is 68.8 Å². The van der Waals surface area contributed by atoms with E-state index in [4.69, 9.17) is 39.5 Å². The van der Waals surface area contributed by atoms with E-state index in [1.165, 1.54) is 0 Å². The van der Waals surface area contributed by atoms with Gasteiger partial charge in [0.2, 0.25) is 0 Å². The summed E-state index contributed by atoms with van der Waals surface area (Å²) >= 11 is 18.4. The Morgan fingerprint density at radius 2 is 1.73 bits per heavy atom. The summed E-state index contributed by atoms with van der Waals surface area (Å²) in [5.74, 6) is -1.03. The van der Waals surface area contributed by atoms with Crippen LogP contribution in [0.4, 0.5) is 0 Å². The van der Waals surface area contributed by atoms with Crippen LogP contribution in [0, 0.1) is 6.92 Å². The molecule has 0 saturated heterocycles. The van der Waals surface area contributed by atoms with Gasteiger partial charge in [-0.25, -0.2) is 4.68 Å². The Labute approximate surface area is 188 Å². The first kappa shape index (κ1) is 22.2. The molecule has 1 amide bonds. The summed E-state index contributed by atoms with van der Waals surface area (Å²) in [6, 6.07) is 12.2. The normalized spacial score (nSPS) is 10.7. The van der Waals surface area contributed by atoms with Gasteiger partial charge in [-0.05, 0) is 44.2 Å². The number of carbonyl (C=O) groups is 2. The van der Waals surface area contributed by atoms with E-state index in [9.17, 15) is 9.59 Å². The zero-order valence-electron chi connectivity index (χ0n) is 16.2. The SMILES string of the molecule is CCOC(=O)CNC(=O)c1nn(-c2ccc(Cl)cc2Cl)c(-c2ccc(Cl)cc2)c1C. The first-order valence-electron chi connectivity index (χ1n) is 9.06. The van der Waals surface area contributed by atoms with Crippen LogP contribution in [0.5, 0.6) is 0 Å². The van der Waals surface area contributed by atoms with E-state index in [0.29, 0.717) is 32.0 Å². The van der Waals surface area contributed by atoms with Crippen LogP contribution in [0.15, 0.2) is 42.5 Å². The molecule has 0 radical (unpaired) electrons. The second-order valence-electron chi connectivity index (χ2n) is 6.32. The molecule has 30 heavy (non-hydrogen) atoms. The Hall–Kier alpha value is -2.54. The van der Waals surface area contributed by atoms with Crippen LogP contribution in [0.1, 0.15) is 23.0 Å². The van der Waals surface area contributed by atoms with Crippen molar-refractivity contribution in [1.82, 2.24) is 15.1 Å². The fraction of sp³-hybridized carbons (Fsp3) is 0.190. The second-order valence-corrected chi connectivity index (χ2v) is 7.60. The Kier molecular flexibility index (Phi) is 7.02. The van der Waals surface area contributed by atoms with Gasteiger partial charge < -0.3 is 10.1 Å². The number of amides is 1. The van der Waals surface area contributed by atoms with Crippen LogP contribution >= 0.6 is 34.8 Å². The lowest BCUT2D eigenvalue weighted by Crippen LogP contribution is -2.31. The maximum Gasteiger partial charge on any atom is 0.325 e. The van der Waals surface area contributed by atoms with Gasteiger partial charge >= 0.3 is 5.97 Å². The van der Waals surface area contributed by atoms with Crippen LogP contribution in [0.2, 0.25) is 15.1 Å². The van der Waals surface area contributed by atoms with Crippen LogP contribution in [0.3, 0.4) is 0 Å². The van der Waals surface area contributed by atoms with E-state index in [1.807, 2.05) is 12.1 Å². The van der Waals surface area contributed by atoms with Gasteiger partial charge in [0, 0.05) is 21.2 Å². The molecule has 156 valence electrons. The number of carbonyl (C=O) groups excluding carboxylic acids is 2. The smallest absolute Gasteiger partial charge is 0.325 e. The fourth-order valence-corrected chi connectivity index (χ4v) is 3.55. The van der Waals surface area contributed by atoms with Crippen LogP contribution < -0.4 is 5.32 Å². The first-order valence-corrected chi connectivity index (χ1v) is 10.2. The van der Waals surface area contributed by atoms with Crippen molar-refractivity contribution in [1.29, 1.82) is 0 Å². The number of esters is 1. The molecule has 0 spiro atoms. The highest BCUT2D eigenvalue weighted by atomic mass is 35.5. The molecule has 0 aliphatic carbocycles. The van der Waals surface area contributed by atoms with E-state index < -0.39 is 11.9 Å². The molecule has 0 atom stereocenters. The van der Waals surface area contributed by atoms with Gasteiger partial charge in [-0.2, -0.15) is 5.10 Å². The van der Waals surface area contributed by atoms with Gasteiger partial charge in [0.15, 0.2) is 5.69 Å².